The molecule has 0 amide bonds. The summed E-state index contributed by atoms with van der Waals surface area (Å²) in [7, 11) is 0. The third-order valence-corrected chi connectivity index (χ3v) is 6.21. The van der Waals surface area contributed by atoms with Gasteiger partial charge in [-0.3, -0.25) is 14.1 Å². The number of nitrogens with zero attached hydrogens (tertiary/aromatic N) is 6. The molecule has 6 rings (SSSR count). The van der Waals surface area contributed by atoms with E-state index in [-0.39, 0.29) is 34.0 Å². The number of hydrogen-bond donors (Lipinski definition) is 1. The number of morpholine rings is 1. The monoisotopic (exact) mass is 440 g/mol. The lowest BCUT2D eigenvalue weighted by Crippen LogP contribution is -2.39. The standard InChI is InChI=1S/C21H21FN6O4/c22-13-2-1-3-14-16(13)27(7-6-26-8-10-31-11-9-26)19(29)17-15(23-12-28(14)17)18-24-20(32-25-18)21(30)4-5-21/h1-3,12,30H,4-11H2. The van der Waals surface area contributed by atoms with Gasteiger partial charge in [-0.05, 0) is 25.0 Å². The Morgan fingerprint density at radius 1 is 1.16 bits per heavy atom. The van der Waals surface area contributed by atoms with E-state index in [2.05, 4.69) is 20.0 Å². The molecule has 4 aromatic rings. The molecule has 0 unspecified atom stereocenters. The van der Waals surface area contributed by atoms with E-state index in [1.54, 1.807) is 16.5 Å². The quantitative estimate of drug-likeness (QED) is 0.492. The zero-order valence-electron chi connectivity index (χ0n) is 17.2. The van der Waals surface area contributed by atoms with Crippen LogP contribution in [0.25, 0.3) is 28.1 Å². The molecule has 166 valence electrons. The number of halogens is 1. The predicted molar refractivity (Wildman–Crippen MR) is 111 cm³/mol. The second-order valence-corrected chi connectivity index (χ2v) is 8.28. The molecule has 1 saturated heterocycles. The normalized spacial score (nSPS) is 18.6. The number of hydrogen-bond acceptors (Lipinski definition) is 8. The maximum absolute atomic E-state index is 14.9. The highest BCUT2D eigenvalue weighted by Gasteiger charge is 2.48. The van der Waals surface area contributed by atoms with Crippen LogP contribution in [0.4, 0.5) is 4.39 Å². The Morgan fingerprint density at radius 3 is 2.75 bits per heavy atom. The topological polar surface area (TPSA) is 111 Å². The minimum absolute atomic E-state index is 0.119. The van der Waals surface area contributed by atoms with Crippen molar-refractivity contribution in [1.29, 1.82) is 0 Å². The molecule has 0 spiro atoms. The largest absolute Gasteiger partial charge is 0.380 e. The van der Waals surface area contributed by atoms with Crippen LogP contribution in [0.1, 0.15) is 18.7 Å². The lowest BCUT2D eigenvalue weighted by Gasteiger charge is -2.27. The van der Waals surface area contributed by atoms with Crippen LogP contribution in [0.5, 0.6) is 0 Å². The average Bonchev–Trinajstić information content (AvgIpc) is 3.19. The fraction of sp³-hybridized carbons (Fsp3) is 0.429. The van der Waals surface area contributed by atoms with E-state index < -0.39 is 11.4 Å². The predicted octanol–water partition coefficient (Wildman–Crippen LogP) is 1.15. The number of fused-ring (bicyclic) bond motifs is 3. The summed E-state index contributed by atoms with van der Waals surface area (Å²) >= 11 is 0. The Balaban J connectivity index is 1.50. The molecule has 1 aromatic carbocycles. The van der Waals surface area contributed by atoms with Gasteiger partial charge in [0.2, 0.25) is 5.82 Å². The van der Waals surface area contributed by atoms with Crippen molar-refractivity contribution in [1.82, 2.24) is 29.0 Å². The summed E-state index contributed by atoms with van der Waals surface area (Å²) in [6.07, 6.45) is 2.57. The van der Waals surface area contributed by atoms with Gasteiger partial charge in [-0.2, -0.15) is 4.98 Å². The highest BCUT2D eigenvalue weighted by molar-refractivity contribution is 5.84. The molecule has 1 aliphatic heterocycles. The van der Waals surface area contributed by atoms with E-state index >= 15 is 0 Å². The molecule has 11 heteroatoms. The molecule has 32 heavy (non-hydrogen) atoms. The summed E-state index contributed by atoms with van der Waals surface area (Å²) in [6, 6.07) is 4.69. The minimum atomic E-state index is -1.09. The smallest absolute Gasteiger partial charge is 0.277 e. The summed E-state index contributed by atoms with van der Waals surface area (Å²) in [5.74, 6) is -0.236. The van der Waals surface area contributed by atoms with Crippen LogP contribution < -0.4 is 5.56 Å². The fourth-order valence-corrected chi connectivity index (χ4v) is 4.21. The first-order chi connectivity index (χ1) is 15.5. The Morgan fingerprint density at radius 2 is 1.97 bits per heavy atom. The van der Waals surface area contributed by atoms with Crippen LogP contribution in [0.15, 0.2) is 33.8 Å². The van der Waals surface area contributed by atoms with Gasteiger partial charge in [-0.25, -0.2) is 9.37 Å². The highest BCUT2D eigenvalue weighted by atomic mass is 19.1. The number of rotatable bonds is 5. The summed E-state index contributed by atoms with van der Waals surface area (Å²) in [4.78, 5) is 24.4. The Labute approximate surface area is 180 Å². The van der Waals surface area contributed by atoms with Crippen LogP contribution in [0, 0.1) is 5.82 Å². The number of aliphatic hydroxyl groups is 1. The molecule has 1 saturated carbocycles. The number of benzene rings is 1. The fourth-order valence-electron chi connectivity index (χ4n) is 4.21. The molecular formula is C21H21FN6O4. The van der Waals surface area contributed by atoms with E-state index in [1.165, 1.54) is 17.0 Å². The first-order valence-corrected chi connectivity index (χ1v) is 10.6. The maximum atomic E-state index is 14.9. The zero-order chi connectivity index (χ0) is 21.9. The van der Waals surface area contributed by atoms with Crippen molar-refractivity contribution in [2.75, 3.05) is 32.8 Å². The maximum Gasteiger partial charge on any atom is 0.277 e. The van der Waals surface area contributed by atoms with Crippen molar-refractivity contribution in [3.63, 3.8) is 0 Å². The summed E-state index contributed by atoms with van der Waals surface area (Å²) in [5.41, 5.74) is -0.261. The molecule has 2 fully saturated rings. The van der Waals surface area contributed by atoms with E-state index in [4.69, 9.17) is 9.26 Å². The molecule has 0 atom stereocenters. The lowest BCUT2D eigenvalue weighted by atomic mass is 10.2. The van der Waals surface area contributed by atoms with Crippen molar-refractivity contribution in [3.05, 3.63) is 46.6 Å². The van der Waals surface area contributed by atoms with Crippen molar-refractivity contribution >= 4 is 16.6 Å². The van der Waals surface area contributed by atoms with Crippen molar-refractivity contribution in [3.8, 4) is 11.5 Å². The van der Waals surface area contributed by atoms with Crippen LogP contribution >= 0.6 is 0 Å². The number of aromatic nitrogens is 5. The molecule has 1 N–H and O–H groups in total. The summed E-state index contributed by atoms with van der Waals surface area (Å²) in [5, 5.41) is 14.2. The van der Waals surface area contributed by atoms with Crippen LogP contribution in [-0.4, -0.2) is 66.9 Å². The second kappa shape index (κ2) is 7.19. The minimum Gasteiger partial charge on any atom is -0.380 e. The molecule has 1 aliphatic carbocycles. The molecule has 0 radical (unpaired) electrons. The second-order valence-electron chi connectivity index (χ2n) is 8.28. The van der Waals surface area contributed by atoms with Gasteiger partial charge in [-0.15, -0.1) is 0 Å². The molecular weight excluding hydrogens is 419 g/mol. The highest BCUT2D eigenvalue weighted by Crippen LogP contribution is 2.44. The summed E-state index contributed by atoms with van der Waals surface area (Å²) in [6.45, 7) is 3.72. The number of imidazole rings is 1. The Bertz CT molecular complexity index is 1380. The van der Waals surface area contributed by atoms with Crippen LogP contribution in [0.3, 0.4) is 0 Å². The van der Waals surface area contributed by atoms with E-state index in [0.717, 1.165) is 13.1 Å². The molecule has 2 aliphatic rings. The van der Waals surface area contributed by atoms with E-state index in [0.29, 0.717) is 44.7 Å². The Kier molecular flexibility index (Phi) is 4.39. The van der Waals surface area contributed by atoms with E-state index in [1.807, 2.05) is 0 Å². The summed E-state index contributed by atoms with van der Waals surface area (Å²) < 4.78 is 28.5. The van der Waals surface area contributed by atoms with Gasteiger partial charge in [-0.1, -0.05) is 11.2 Å². The van der Waals surface area contributed by atoms with Crippen molar-refractivity contribution < 1.29 is 18.8 Å². The number of ether oxygens (including phenoxy) is 1. The van der Waals surface area contributed by atoms with Gasteiger partial charge >= 0.3 is 0 Å². The molecule has 4 heterocycles. The zero-order valence-corrected chi connectivity index (χ0v) is 17.2. The lowest BCUT2D eigenvalue weighted by molar-refractivity contribution is 0.0364. The first-order valence-electron chi connectivity index (χ1n) is 10.6. The third kappa shape index (κ3) is 3.04. The Hall–Kier alpha value is -3.15. The van der Waals surface area contributed by atoms with Gasteiger partial charge in [0.05, 0.1) is 18.7 Å². The first kappa shape index (κ1) is 19.5. The van der Waals surface area contributed by atoms with Gasteiger partial charge in [0.15, 0.2) is 0 Å². The number of para-hydroxylation sites is 1. The van der Waals surface area contributed by atoms with Gasteiger partial charge < -0.3 is 18.9 Å². The van der Waals surface area contributed by atoms with Gasteiger partial charge in [0.25, 0.3) is 11.4 Å². The SMILES string of the molecule is O=c1c2c(-c3noc(C4(O)CC4)n3)ncn2c2cccc(F)c2n1CCN1CCOCC1. The van der Waals surface area contributed by atoms with Gasteiger partial charge in [0.1, 0.15) is 34.5 Å². The van der Waals surface area contributed by atoms with Gasteiger partial charge in [0, 0.05) is 26.2 Å². The van der Waals surface area contributed by atoms with Crippen molar-refractivity contribution in [2.45, 2.75) is 25.0 Å². The average molecular weight is 440 g/mol. The molecule has 0 bridgehead atoms. The van der Waals surface area contributed by atoms with E-state index in [9.17, 15) is 14.3 Å². The van der Waals surface area contributed by atoms with Crippen LogP contribution in [-0.2, 0) is 16.9 Å². The van der Waals surface area contributed by atoms with Crippen LogP contribution in [0.2, 0.25) is 0 Å². The molecule has 10 nitrogen and oxygen atoms in total. The third-order valence-electron chi connectivity index (χ3n) is 6.21. The molecule has 3 aromatic heterocycles. The van der Waals surface area contributed by atoms with Crippen molar-refractivity contribution in [2.24, 2.45) is 0 Å².